The molecule has 0 bridgehead atoms. The molecular weight excluding hydrogens is 521 g/mol. The highest BCUT2D eigenvalue weighted by Gasteiger charge is 2.13. The molecule has 0 atom stereocenters. The standard InChI is InChI=1S/C22H29N7O2.HI/c1-4-19-18(20(5-2)31-28-19)14-25-22(23-3)24-13-16-8-6-9-17(12-16)27-21(30)15-29-11-7-10-26-29;/h6-12H,4-5,13-15H2,1-3H3,(H,27,30)(H2,23,24,25);1H. The molecule has 32 heavy (non-hydrogen) atoms. The predicted octanol–water partition coefficient (Wildman–Crippen LogP) is 3.12. The van der Waals surface area contributed by atoms with Gasteiger partial charge in [-0.3, -0.25) is 14.5 Å². The number of aromatic nitrogens is 3. The van der Waals surface area contributed by atoms with Crippen molar-refractivity contribution in [2.24, 2.45) is 4.99 Å². The molecule has 0 aliphatic carbocycles. The van der Waals surface area contributed by atoms with Gasteiger partial charge in [0.25, 0.3) is 0 Å². The van der Waals surface area contributed by atoms with Crippen LogP contribution in [0.2, 0.25) is 0 Å². The maximum Gasteiger partial charge on any atom is 0.246 e. The first-order chi connectivity index (χ1) is 15.1. The van der Waals surface area contributed by atoms with E-state index in [-0.39, 0.29) is 36.4 Å². The summed E-state index contributed by atoms with van der Waals surface area (Å²) in [5.74, 6) is 1.45. The molecule has 3 rings (SSSR count). The summed E-state index contributed by atoms with van der Waals surface area (Å²) in [5, 5.41) is 17.7. The monoisotopic (exact) mass is 551 g/mol. The molecule has 10 heteroatoms. The number of hydrogen-bond donors (Lipinski definition) is 3. The molecule has 172 valence electrons. The predicted molar refractivity (Wildman–Crippen MR) is 135 cm³/mol. The van der Waals surface area contributed by atoms with Crippen LogP contribution in [0.15, 0.2) is 52.2 Å². The van der Waals surface area contributed by atoms with Crippen LogP contribution in [0.4, 0.5) is 5.69 Å². The molecule has 0 saturated carbocycles. The Labute approximate surface area is 205 Å². The molecule has 2 heterocycles. The van der Waals surface area contributed by atoms with Crippen LogP contribution in [-0.4, -0.2) is 33.9 Å². The molecule has 0 fully saturated rings. The van der Waals surface area contributed by atoms with Crippen LogP contribution in [-0.2, 0) is 37.3 Å². The average Bonchev–Trinajstić information content (AvgIpc) is 3.43. The Morgan fingerprint density at radius 2 is 1.97 bits per heavy atom. The molecule has 3 N–H and O–H groups in total. The van der Waals surface area contributed by atoms with E-state index in [0.717, 1.165) is 41.1 Å². The molecule has 0 saturated heterocycles. The Kier molecular flexibility index (Phi) is 10.2. The molecule has 1 amide bonds. The summed E-state index contributed by atoms with van der Waals surface area (Å²) in [6, 6.07) is 9.49. The van der Waals surface area contributed by atoms with E-state index in [1.54, 1.807) is 30.2 Å². The molecular formula is C22H30IN7O2. The summed E-state index contributed by atoms with van der Waals surface area (Å²) in [5.41, 5.74) is 3.82. The number of aryl methyl sites for hydroxylation is 2. The highest BCUT2D eigenvalue weighted by Crippen LogP contribution is 2.15. The number of nitrogens with one attached hydrogen (secondary N) is 3. The average molecular weight is 551 g/mol. The zero-order valence-corrected chi connectivity index (χ0v) is 20.9. The van der Waals surface area contributed by atoms with E-state index in [0.29, 0.717) is 19.0 Å². The zero-order valence-electron chi connectivity index (χ0n) is 18.6. The largest absolute Gasteiger partial charge is 0.361 e. The van der Waals surface area contributed by atoms with E-state index in [2.05, 4.69) is 45.0 Å². The third-order valence-electron chi connectivity index (χ3n) is 4.80. The summed E-state index contributed by atoms with van der Waals surface area (Å²) in [6.07, 6.45) is 5.03. The maximum atomic E-state index is 12.2. The van der Waals surface area contributed by atoms with Crippen molar-refractivity contribution in [3.63, 3.8) is 0 Å². The van der Waals surface area contributed by atoms with Gasteiger partial charge in [0.05, 0.1) is 5.69 Å². The van der Waals surface area contributed by atoms with Gasteiger partial charge in [0.2, 0.25) is 5.91 Å². The number of nitrogens with zero attached hydrogens (tertiary/aromatic N) is 4. The van der Waals surface area contributed by atoms with Crippen molar-refractivity contribution >= 4 is 41.5 Å². The van der Waals surface area contributed by atoms with Gasteiger partial charge in [-0.25, -0.2) is 0 Å². The summed E-state index contributed by atoms with van der Waals surface area (Å²) < 4.78 is 7.00. The minimum atomic E-state index is -0.126. The Morgan fingerprint density at radius 3 is 2.66 bits per heavy atom. The van der Waals surface area contributed by atoms with Gasteiger partial charge in [-0.1, -0.05) is 31.1 Å². The van der Waals surface area contributed by atoms with Crippen molar-refractivity contribution < 1.29 is 9.32 Å². The van der Waals surface area contributed by atoms with Crippen molar-refractivity contribution in [2.75, 3.05) is 12.4 Å². The number of carbonyl (C=O) groups is 1. The fraction of sp³-hybridized carbons (Fsp3) is 0.364. The van der Waals surface area contributed by atoms with Gasteiger partial charge in [-0.2, -0.15) is 5.10 Å². The molecule has 0 aliphatic rings. The third-order valence-corrected chi connectivity index (χ3v) is 4.80. The van der Waals surface area contributed by atoms with E-state index in [1.807, 2.05) is 24.3 Å². The van der Waals surface area contributed by atoms with Gasteiger partial charge >= 0.3 is 0 Å². The first kappa shape index (κ1) is 25.4. The van der Waals surface area contributed by atoms with E-state index in [9.17, 15) is 4.79 Å². The number of rotatable bonds is 9. The Bertz CT molecular complexity index is 994. The zero-order chi connectivity index (χ0) is 22.1. The first-order valence-electron chi connectivity index (χ1n) is 10.4. The smallest absolute Gasteiger partial charge is 0.246 e. The van der Waals surface area contributed by atoms with Crippen LogP contribution in [0.5, 0.6) is 0 Å². The van der Waals surface area contributed by atoms with Crippen LogP contribution in [0.1, 0.15) is 36.4 Å². The van der Waals surface area contributed by atoms with E-state index in [1.165, 1.54) is 0 Å². The Hall–Kier alpha value is -2.89. The molecule has 9 nitrogen and oxygen atoms in total. The summed E-state index contributed by atoms with van der Waals surface area (Å²) >= 11 is 0. The van der Waals surface area contributed by atoms with Crippen LogP contribution >= 0.6 is 24.0 Å². The number of hydrogen-bond acceptors (Lipinski definition) is 5. The Morgan fingerprint density at radius 1 is 1.16 bits per heavy atom. The summed E-state index contributed by atoms with van der Waals surface area (Å²) in [6.45, 7) is 5.45. The maximum absolute atomic E-state index is 12.2. The van der Waals surface area contributed by atoms with E-state index < -0.39 is 0 Å². The minimum Gasteiger partial charge on any atom is -0.361 e. The van der Waals surface area contributed by atoms with Gasteiger partial charge in [-0.05, 0) is 30.2 Å². The van der Waals surface area contributed by atoms with Crippen molar-refractivity contribution in [2.45, 2.75) is 46.3 Å². The molecule has 0 radical (unpaired) electrons. The van der Waals surface area contributed by atoms with Crippen molar-refractivity contribution in [1.82, 2.24) is 25.6 Å². The fourth-order valence-electron chi connectivity index (χ4n) is 3.22. The van der Waals surface area contributed by atoms with Crippen LogP contribution in [0.3, 0.4) is 0 Å². The molecule has 0 aliphatic heterocycles. The van der Waals surface area contributed by atoms with Gasteiger partial charge < -0.3 is 20.5 Å². The Balaban J connectivity index is 0.00000363. The molecule has 0 unspecified atom stereocenters. The van der Waals surface area contributed by atoms with E-state index in [4.69, 9.17) is 4.52 Å². The number of benzene rings is 1. The minimum absolute atomic E-state index is 0. The number of amides is 1. The lowest BCUT2D eigenvalue weighted by Crippen LogP contribution is -2.36. The molecule has 0 spiro atoms. The second-order valence-corrected chi connectivity index (χ2v) is 6.97. The van der Waals surface area contributed by atoms with Gasteiger partial charge in [0, 0.05) is 50.2 Å². The van der Waals surface area contributed by atoms with Crippen molar-refractivity contribution in [3.05, 3.63) is 65.3 Å². The first-order valence-corrected chi connectivity index (χ1v) is 10.4. The summed E-state index contributed by atoms with van der Waals surface area (Å²) in [7, 11) is 1.73. The lowest BCUT2D eigenvalue weighted by atomic mass is 10.1. The van der Waals surface area contributed by atoms with E-state index >= 15 is 0 Å². The number of halogens is 1. The SMILES string of the molecule is CCc1noc(CC)c1CNC(=NC)NCc1cccc(NC(=O)Cn2cccn2)c1.I. The fourth-order valence-corrected chi connectivity index (χ4v) is 3.22. The number of anilines is 1. The van der Waals surface area contributed by atoms with Crippen LogP contribution < -0.4 is 16.0 Å². The lowest BCUT2D eigenvalue weighted by molar-refractivity contribution is -0.116. The lowest BCUT2D eigenvalue weighted by Gasteiger charge is -2.13. The van der Waals surface area contributed by atoms with Crippen LogP contribution in [0.25, 0.3) is 0 Å². The van der Waals surface area contributed by atoms with Gasteiger partial charge in [-0.15, -0.1) is 24.0 Å². The third kappa shape index (κ3) is 7.08. The quantitative estimate of drug-likeness (QED) is 0.214. The second-order valence-electron chi connectivity index (χ2n) is 6.97. The van der Waals surface area contributed by atoms with Crippen molar-refractivity contribution in [3.8, 4) is 0 Å². The molecule has 1 aromatic carbocycles. The van der Waals surface area contributed by atoms with Gasteiger partial charge in [0.1, 0.15) is 12.3 Å². The van der Waals surface area contributed by atoms with Gasteiger partial charge in [0.15, 0.2) is 5.96 Å². The highest BCUT2D eigenvalue weighted by molar-refractivity contribution is 14.0. The summed E-state index contributed by atoms with van der Waals surface area (Å²) in [4.78, 5) is 16.5. The molecule has 3 aromatic rings. The topological polar surface area (TPSA) is 109 Å². The highest BCUT2D eigenvalue weighted by atomic mass is 127. The molecule has 2 aromatic heterocycles. The van der Waals surface area contributed by atoms with Crippen LogP contribution in [0, 0.1) is 0 Å². The number of carbonyl (C=O) groups excluding carboxylic acids is 1. The second kappa shape index (κ2) is 12.8. The normalized spacial score (nSPS) is 11.0. The number of aliphatic imine (C=N–C) groups is 1. The number of guanidine groups is 1. The van der Waals surface area contributed by atoms with Crippen molar-refractivity contribution in [1.29, 1.82) is 0 Å².